The van der Waals surface area contributed by atoms with Gasteiger partial charge in [-0.1, -0.05) is 78.9 Å². The summed E-state index contributed by atoms with van der Waals surface area (Å²) in [5.41, 5.74) is 13.2. The maximum absolute atomic E-state index is 4.35. The minimum atomic E-state index is 0.954. The zero-order chi connectivity index (χ0) is 25.1. The smallest absolute Gasteiger partial charge is 0.0561 e. The van der Waals surface area contributed by atoms with Crippen molar-refractivity contribution in [2.75, 3.05) is 15.8 Å². The average Bonchev–Trinajstić information content (AvgIpc) is 2.97. The second kappa shape index (κ2) is 12.0. The third-order valence-corrected chi connectivity index (χ3v) is 5.68. The normalized spacial score (nSPS) is 11.0. The van der Waals surface area contributed by atoms with Crippen LogP contribution in [0.1, 0.15) is 11.1 Å². The third kappa shape index (κ3) is 6.50. The number of nitrogens with zero attached hydrogens (tertiary/aromatic N) is 3. The minimum absolute atomic E-state index is 0.954. The highest BCUT2D eigenvalue weighted by Gasteiger charge is 2.11. The Hall–Kier alpha value is -5.16. The van der Waals surface area contributed by atoms with Gasteiger partial charge in [-0.05, 0) is 71.8 Å². The van der Waals surface area contributed by atoms with Crippen molar-refractivity contribution in [3.63, 3.8) is 0 Å². The summed E-state index contributed by atoms with van der Waals surface area (Å²) in [7, 11) is 0. The number of nitrogens with one attached hydrogen (secondary N) is 2. The summed E-state index contributed by atoms with van der Waals surface area (Å²) in [6.07, 6.45) is 3.64. The molecule has 0 aliphatic rings. The molecule has 5 aromatic rings. The van der Waals surface area contributed by atoms with Crippen molar-refractivity contribution in [3.05, 3.63) is 151 Å². The zero-order valence-electron chi connectivity index (χ0n) is 20.3. The number of para-hydroxylation sites is 3. The predicted molar refractivity (Wildman–Crippen MR) is 156 cm³/mol. The second-order valence-corrected chi connectivity index (χ2v) is 8.33. The van der Waals surface area contributed by atoms with Gasteiger partial charge in [0.05, 0.1) is 23.8 Å². The molecule has 5 nitrogen and oxygen atoms in total. The van der Waals surface area contributed by atoms with Crippen LogP contribution in [0.15, 0.2) is 150 Å². The molecule has 5 aromatic carbocycles. The molecule has 0 saturated carbocycles. The lowest BCUT2D eigenvalue weighted by atomic mass is 10.1. The Morgan fingerprint density at radius 3 is 1.16 bits per heavy atom. The van der Waals surface area contributed by atoms with E-state index in [9.17, 15) is 0 Å². The zero-order valence-corrected chi connectivity index (χ0v) is 20.3. The van der Waals surface area contributed by atoms with E-state index >= 15 is 0 Å². The summed E-state index contributed by atoms with van der Waals surface area (Å²) in [6, 6.07) is 46.8. The molecule has 0 radical (unpaired) electrons. The van der Waals surface area contributed by atoms with Crippen LogP contribution < -0.4 is 15.8 Å². The summed E-state index contributed by atoms with van der Waals surface area (Å²) in [6.45, 7) is 0. The lowest BCUT2D eigenvalue weighted by Gasteiger charge is -2.25. The maximum atomic E-state index is 4.35. The maximum Gasteiger partial charge on any atom is 0.0561 e. The van der Waals surface area contributed by atoms with Crippen molar-refractivity contribution in [2.24, 2.45) is 10.2 Å². The molecule has 0 fully saturated rings. The van der Waals surface area contributed by atoms with Crippen molar-refractivity contribution < 1.29 is 0 Å². The lowest BCUT2D eigenvalue weighted by Crippen LogP contribution is -2.10. The van der Waals surface area contributed by atoms with Crippen molar-refractivity contribution in [1.29, 1.82) is 0 Å². The Bertz CT molecular complexity index is 1340. The molecular weight excluding hydrogens is 454 g/mol. The van der Waals surface area contributed by atoms with Crippen molar-refractivity contribution in [2.45, 2.75) is 0 Å². The Kier molecular flexibility index (Phi) is 7.65. The van der Waals surface area contributed by atoms with Crippen LogP contribution in [-0.4, -0.2) is 12.4 Å². The van der Waals surface area contributed by atoms with Crippen molar-refractivity contribution in [1.82, 2.24) is 0 Å². The largest absolute Gasteiger partial charge is 0.311 e. The van der Waals surface area contributed by atoms with E-state index in [1.54, 1.807) is 0 Å². The molecule has 37 heavy (non-hydrogen) atoms. The molecule has 0 unspecified atom stereocenters. The minimum Gasteiger partial charge on any atom is -0.311 e. The van der Waals surface area contributed by atoms with E-state index in [4.69, 9.17) is 0 Å². The summed E-state index contributed by atoms with van der Waals surface area (Å²) < 4.78 is 0. The molecule has 5 rings (SSSR count). The monoisotopic (exact) mass is 481 g/mol. The van der Waals surface area contributed by atoms with E-state index in [-0.39, 0.29) is 0 Å². The van der Waals surface area contributed by atoms with Gasteiger partial charge in [-0.3, -0.25) is 10.9 Å². The highest BCUT2D eigenvalue weighted by atomic mass is 15.3. The number of rotatable bonds is 9. The Morgan fingerprint density at radius 2 is 0.757 bits per heavy atom. The molecule has 5 heteroatoms. The first-order chi connectivity index (χ1) is 18.3. The molecule has 0 aliphatic carbocycles. The second-order valence-electron chi connectivity index (χ2n) is 8.33. The van der Waals surface area contributed by atoms with E-state index < -0.39 is 0 Å². The van der Waals surface area contributed by atoms with E-state index in [0.717, 1.165) is 39.6 Å². The van der Waals surface area contributed by atoms with Gasteiger partial charge in [0.15, 0.2) is 0 Å². The van der Waals surface area contributed by atoms with Gasteiger partial charge in [0, 0.05) is 17.1 Å². The Labute approximate surface area is 217 Å². The number of benzene rings is 5. The first-order valence-electron chi connectivity index (χ1n) is 12.1. The van der Waals surface area contributed by atoms with E-state index in [0.29, 0.717) is 0 Å². The quantitative estimate of drug-likeness (QED) is 0.165. The first kappa shape index (κ1) is 23.6. The van der Waals surface area contributed by atoms with Gasteiger partial charge in [0.2, 0.25) is 0 Å². The molecule has 0 aliphatic heterocycles. The van der Waals surface area contributed by atoms with Gasteiger partial charge in [-0.15, -0.1) is 0 Å². The average molecular weight is 482 g/mol. The topological polar surface area (TPSA) is 52.0 Å². The number of hydrogen-bond donors (Lipinski definition) is 2. The van der Waals surface area contributed by atoms with Crippen LogP contribution in [0.3, 0.4) is 0 Å². The number of hydrogen-bond acceptors (Lipinski definition) is 5. The first-order valence-corrected chi connectivity index (χ1v) is 12.1. The summed E-state index contributed by atoms with van der Waals surface area (Å²) in [5.74, 6) is 0. The van der Waals surface area contributed by atoms with Gasteiger partial charge in [0.1, 0.15) is 0 Å². The molecule has 180 valence electrons. The van der Waals surface area contributed by atoms with Crippen LogP contribution in [0, 0.1) is 0 Å². The van der Waals surface area contributed by atoms with E-state index in [2.05, 4.69) is 98.8 Å². The Morgan fingerprint density at radius 1 is 0.405 bits per heavy atom. The van der Waals surface area contributed by atoms with E-state index in [1.165, 1.54) is 0 Å². The fourth-order valence-corrected chi connectivity index (χ4v) is 3.83. The van der Waals surface area contributed by atoms with Crippen LogP contribution >= 0.6 is 0 Å². The van der Waals surface area contributed by atoms with Crippen molar-refractivity contribution >= 4 is 40.9 Å². The fourth-order valence-electron chi connectivity index (χ4n) is 3.83. The highest BCUT2D eigenvalue weighted by molar-refractivity contribution is 5.85. The summed E-state index contributed by atoms with van der Waals surface area (Å²) in [5, 5.41) is 8.70. The molecule has 0 saturated heterocycles. The van der Waals surface area contributed by atoms with Crippen molar-refractivity contribution in [3.8, 4) is 0 Å². The Balaban J connectivity index is 1.32. The highest BCUT2D eigenvalue weighted by Crippen LogP contribution is 2.34. The van der Waals surface area contributed by atoms with Gasteiger partial charge in [-0.2, -0.15) is 10.2 Å². The predicted octanol–water partition coefficient (Wildman–Crippen LogP) is 8.05. The third-order valence-electron chi connectivity index (χ3n) is 5.68. The standard InChI is InChI=1S/C32H27N5/c1-4-10-28(11-5-1)35-33-24-26-16-20-31(21-17-26)37(30-14-8-3-9-15-30)32-22-18-27(19-23-32)25-34-36-29-12-6-2-7-13-29/h1-25,35-36H/b33-24+,34-25+. The van der Waals surface area contributed by atoms with Gasteiger partial charge < -0.3 is 4.90 Å². The van der Waals surface area contributed by atoms with Crippen LogP contribution in [-0.2, 0) is 0 Å². The molecular formula is C32H27N5. The van der Waals surface area contributed by atoms with Gasteiger partial charge >= 0.3 is 0 Å². The molecule has 0 atom stereocenters. The van der Waals surface area contributed by atoms with Crippen LogP contribution in [0.25, 0.3) is 0 Å². The number of anilines is 5. The molecule has 0 amide bonds. The van der Waals surface area contributed by atoms with Gasteiger partial charge in [-0.25, -0.2) is 0 Å². The van der Waals surface area contributed by atoms with E-state index in [1.807, 2.05) is 79.2 Å². The van der Waals surface area contributed by atoms with Crippen LogP contribution in [0.4, 0.5) is 28.4 Å². The fraction of sp³-hybridized carbons (Fsp3) is 0. The lowest BCUT2D eigenvalue weighted by molar-refractivity contribution is 1.28. The summed E-state index contributed by atoms with van der Waals surface area (Å²) in [4.78, 5) is 2.23. The molecule has 0 aromatic heterocycles. The SMILES string of the molecule is C(=N\Nc1ccccc1)/c1ccc(N(c2ccccc2)c2ccc(/C=N/Nc3ccccc3)cc2)cc1. The number of hydrazone groups is 2. The molecule has 2 N–H and O–H groups in total. The summed E-state index contributed by atoms with van der Waals surface area (Å²) >= 11 is 0. The molecule has 0 spiro atoms. The molecule has 0 heterocycles. The van der Waals surface area contributed by atoms with Gasteiger partial charge in [0.25, 0.3) is 0 Å². The molecule has 0 bridgehead atoms. The van der Waals surface area contributed by atoms with Crippen LogP contribution in [0.2, 0.25) is 0 Å². The van der Waals surface area contributed by atoms with Crippen LogP contribution in [0.5, 0.6) is 0 Å².